The first-order valence-corrected chi connectivity index (χ1v) is 11.9. The summed E-state index contributed by atoms with van der Waals surface area (Å²) in [6.45, 7) is 4.06. The van der Waals surface area contributed by atoms with Crippen LogP contribution in [-0.2, 0) is 16.0 Å². The number of carbonyl (C=O) groups is 3. The van der Waals surface area contributed by atoms with E-state index in [9.17, 15) is 14.4 Å². The molecule has 172 valence electrons. The maximum Gasteiger partial charge on any atom is 0.259 e. The van der Waals surface area contributed by atoms with E-state index < -0.39 is 11.9 Å². The predicted molar refractivity (Wildman–Crippen MR) is 131 cm³/mol. The van der Waals surface area contributed by atoms with E-state index in [2.05, 4.69) is 45.9 Å². The molecular formula is C27H26N4O3. The standard InChI is InChI=1S/C27H26N4O3/c32-24-11-10-23(26(33)29-24)31-22-9-6-18(20-2-1-3-21(25(20)22)27(31)34)16-17-4-7-19(8-5-17)30-14-12-28-13-15-30/h1-9,23,28H,10-16H2,(H,29,32,33). The van der Waals surface area contributed by atoms with E-state index in [1.54, 1.807) is 4.90 Å². The Labute approximate surface area is 197 Å². The first kappa shape index (κ1) is 20.9. The van der Waals surface area contributed by atoms with Crippen LogP contribution in [0.25, 0.3) is 10.8 Å². The summed E-state index contributed by atoms with van der Waals surface area (Å²) in [6.07, 6.45) is 1.34. The highest BCUT2D eigenvalue weighted by atomic mass is 16.2. The topological polar surface area (TPSA) is 81.8 Å². The summed E-state index contributed by atoms with van der Waals surface area (Å²) in [5.41, 5.74) is 4.98. The zero-order valence-electron chi connectivity index (χ0n) is 18.8. The summed E-state index contributed by atoms with van der Waals surface area (Å²) < 4.78 is 0. The van der Waals surface area contributed by atoms with Crippen molar-refractivity contribution in [3.8, 4) is 0 Å². The second-order valence-electron chi connectivity index (χ2n) is 9.19. The van der Waals surface area contributed by atoms with Crippen LogP contribution in [0.1, 0.15) is 34.3 Å². The molecule has 0 saturated carbocycles. The van der Waals surface area contributed by atoms with Crippen LogP contribution in [0.5, 0.6) is 0 Å². The lowest BCUT2D eigenvalue weighted by Crippen LogP contribution is -2.53. The average Bonchev–Trinajstić information content (AvgIpc) is 3.15. The van der Waals surface area contributed by atoms with Gasteiger partial charge in [0.25, 0.3) is 5.91 Å². The molecule has 0 bridgehead atoms. The minimum atomic E-state index is -0.663. The predicted octanol–water partition coefficient (Wildman–Crippen LogP) is 2.61. The number of benzene rings is 3. The lowest BCUT2D eigenvalue weighted by atomic mass is 9.96. The molecule has 2 fully saturated rings. The number of piperazine rings is 1. The van der Waals surface area contributed by atoms with Crippen LogP contribution in [0.4, 0.5) is 11.4 Å². The molecule has 0 spiro atoms. The van der Waals surface area contributed by atoms with Gasteiger partial charge in [0, 0.05) is 49.2 Å². The summed E-state index contributed by atoms with van der Waals surface area (Å²) in [5.74, 6) is -0.860. The van der Waals surface area contributed by atoms with Crippen molar-refractivity contribution in [1.82, 2.24) is 10.6 Å². The van der Waals surface area contributed by atoms with Gasteiger partial charge in [-0.1, -0.05) is 30.3 Å². The molecule has 3 aliphatic rings. The maximum atomic E-state index is 13.3. The Balaban J connectivity index is 1.32. The zero-order chi connectivity index (χ0) is 23.2. The molecule has 0 aromatic heterocycles. The molecule has 0 aliphatic carbocycles. The molecular weight excluding hydrogens is 428 g/mol. The quantitative estimate of drug-likeness (QED) is 0.593. The second-order valence-corrected chi connectivity index (χ2v) is 9.19. The molecule has 1 atom stereocenters. The monoisotopic (exact) mass is 454 g/mol. The fourth-order valence-corrected chi connectivity index (χ4v) is 5.43. The summed E-state index contributed by atoms with van der Waals surface area (Å²) >= 11 is 0. The summed E-state index contributed by atoms with van der Waals surface area (Å²) in [6, 6.07) is 17.9. The number of hydrogen-bond donors (Lipinski definition) is 2. The highest BCUT2D eigenvalue weighted by molar-refractivity contribution is 6.27. The Hall–Kier alpha value is -3.71. The van der Waals surface area contributed by atoms with Gasteiger partial charge in [-0.05, 0) is 53.6 Å². The molecule has 3 amide bonds. The van der Waals surface area contributed by atoms with Crippen molar-refractivity contribution in [2.45, 2.75) is 25.3 Å². The molecule has 34 heavy (non-hydrogen) atoms. The molecule has 0 radical (unpaired) electrons. The Kier molecular flexibility index (Phi) is 5.07. The number of piperidine rings is 1. The van der Waals surface area contributed by atoms with Gasteiger partial charge in [-0.3, -0.25) is 24.6 Å². The van der Waals surface area contributed by atoms with Crippen molar-refractivity contribution >= 4 is 39.9 Å². The Morgan fingerprint density at radius 3 is 2.47 bits per heavy atom. The van der Waals surface area contributed by atoms with E-state index in [1.165, 1.54) is 11.3 Å². The van der Waals surface area contributed by atoms with Crippen LogP contribution in [0, 0.1) is 0 Å². The van der Waals surface area contributed by atoms with Crippen molar-refractivity contribution in [1.29, 1.82) is 0 Å². The normalized spacial score (nSPS) is 20.2. The van der Waals surface area contributed by atoms with Gasteiger partial charge in [-0.2, -0.15) is 0 Å². The third-order valence-electron chi connectivity index (χ3n) is 7.15. The van der Waals surface area contributed by atoms with Gasteiger partial charge < -0.3 is 10.2 Å². The maximum absolute atomic E-state index is 13.3. The van der Waals surface area contributed by atoms with Crippen LogP contribution < -0.4 is 20.4 Å². The number of hydrogen-bond acceptors (Lipinski definition) is 5. The fraction of sp³-hybridized carbons (Fsp3) is 0.296. The third kappa shape index (κ3) is 3.44. The smallest absolute Gasteiger partial charge is 0.259 e. The first-order valence-electron chi connectivity index (χ1n) is 11.9. The van der Waals surface area contributed by atoms with Crippen LogP contribution in [-0.4, -0.2) is 49.9 Å². The molecule has 2 saturated heterocycles. The Morgan fingerprint density at radius 1 is 0.912 bits per heavy atom. The largest absolute Gasteiger partial charge is 0.369 e. The van der Waals surface area contributed by atoms with E-state index in [-0.39, 0.29) is 18.2 Å². The van der Waals surface area contributed by atoms with E-state index in [4.69, 9.17) is 0 Å². The molecule has 7 nitrogen and oxygen atoms in total. The van der Waals surface area contributed by atoms with Crippen molar-refractivity contribution in [2.24, 2.45) is 0 Å². The summed E-state index contributed by atoms with van der Waals surface area (Å²) in [7, 11) is 0. The minimum Gasteiger partial charge on any atom is -0.369 e. The van der Waals surface area contributed by atoms with Gasteiger partial charge in [0.1, 0.15) is 6.04 Å². The number of nitrogens with one attached hydrogen (secondary N) is 2. The number of nitrogens with zero attached hydrogens (tertiary/aromatic N) is 2. The van der Waals surface area contributed by atoms with E-state index in [0.29, 0.717) is 12.0 Å². The van der Waals surface area contributed by atoms with Gasteiger partial charge in [-0.15, -0.1) is 0 Å². The number of anilines is 2. The number of rotatable bonds is 4. The van der Waals surface area contributed by atoms with E-state index >= 15 is 0 Å². The van der Waals surface area contributed by atoms with Crippen LogP contribution in [0.3, 0.4) is 0 Å². The molecule has 3 heterocycles. The highest BCUT2D eigenvalue weighted by Gasteiger charge is 2.40. The van der Waals surface area contributed by atoms with Crippen molar-refractivity contribution in [2.75, 3.05) is 36.0 Å². The van der Waals surface area contributed by atoms with Gasteiger partial charge in [0.15, 0.2) is 0 Å². The zero-order valence-corrected chi connectivity index (χ0v) is 18.8. The van der Waals surface area contributed by atoms with Crippen molar-refractivity contribution in [3.63, 3.8) is 0 Å². The second kappa shape index (κ2) is 8.25. The molecule has 3 aliphatic heterocycles. The summed E-state index contributed by atoms with van der Waals surface area (Å²) in [5, 5.41) is 7.69. The van der Waals surface area contributed by atoms with Gasteiger partial charge in [-0.25, -0.2) is 0 Å². The molecule has 1 unspecified atom stereocenters. The third-order valence-corrected chi connectivity index (χ3v) is 7.15. The number of carbonyl (C=O) groups excluding carboxylic acids is 3. The van der Waals surface area contributed by atoms with Gasteiger partial charge in [0.05, 0.1) is 5.69 Å². The Bertz CT molecular complexity index is 1310. The molecule has 6 rings (SSSR count). The minimum absolute atomic E-state index is 0.173. The summed E-state index contributed by atoms with van der Waals surface area (Å²) in [4.78, 5) is 41.4. The SMILES string of the molecule is O=C1CCC(N2C(=O)c3cccc4c(Cc5ccc(N6CCNCC6)cc5)ccc2c34)C(=O)N1. The van der Waals surface area contributed by atoms with E-state index in [0.717, 1.165) is 54.6 Å². The average molecular weight is 455 g/mol. The van der Waals surface area contributed by atoms with Crippen molar-refractivity contribution < 1.29 is 14.4 Å². The van der Waals surface area contributed by atoms with Gasteiger partial charge in [0.2, 0.25) is 11.8 Å². The van der Waals surface area contributed by atoms with Gasteiger partial charge >= 0.3 is 0 Å². The first-order chi connectivity index (χ1) is 16.6. The lowest BCUT2D eigenvalue weighted by molar-refractivity contribution is -0.134. The van der Waals surface area contributed by atoms with E-state index in [1.807, 2.05) is 24.3 Å². The fourth-order valence-electron chi connectivity index (χ4n) is 5.43. The lowest BCUT2D eigenvalue weighted by Gasteiger charge is -2.30. The molecule has 2 N–H and O–H groups in total. The number of imide groups is 1. The van der Waals surface area contributed by atoms with Crippen LogP contribution in [0.15, 0.2) is 54.6 Å². The van der Waals surface area contributed by atoms with Crippen LogP contribution >= 0.6 is 0 Å². The van der Waals surface area contributed by atoms with Crippen LogP contribution in [0.2, 0.25) is 0 Å². The highest BCUT2D eigenvalue weighted by Crippen LogP contribution is 2.41. The molecule has 7 heteroatoms. The molecule has 3 aromatic carbocycles. The molecule has 3 aromatic rings. The Morgan fingerprint density at radius 2 is 1.71 bits per heavy atom. The van der Waals surface area contributed by atoms with Crippen molar-refractivity contribution in [3.05, 3.63) is 71.3 Å². The number of amides is 3.